The van der Waals surface area contributed by atoms with E-state index >= 15 is 0 Å². The van der Waals surface area contributed by atoms with E-state index < -0.39 is 6.10 Å². The molecule has 6 heteroatoms. The maximum absolute atomic E-state index is 12.9. The van der Waals surface area contributed by atoms with Gasteiger partial charge in [-0.05, 0) is 19.1 Å². The number of H-pyrrole nitrogens is 1. The molecule has 2 heterocycles. The van der Waals surface area contributed by atoms with Crippen LogP contribution in [0.1, 0.15) is 18.2 Å². The van der Waals surface area contributed by atoms with Crippen molar-refractivity contribution in [2.24, 2.45) is 0 Å². The van der Waals surface area contributed by atoms with E-state index in [4.69, 9.17) is 16.3 Å². The summed E-state index contributed by atoms with van der Waals surface area (Å²) in [6.07, 6.45) is 0.137. The van der Waals surface area contributed by atoms with E-state index in [2.05, 4.69) is 10.2 Å². The third kappa shape index (κ3) is 3.55. The van der Waals surface area contributed by atoms with Crippen LogP contribution >= 0.6 is 11.6 Å². The number of halogens is 1. The molecule has 5 nitrogen and oxygen atoms in total. The van der Waals surface area contributed by atoms with Crippen LogP contribution in [0.2, 0.25) is 5.02 Å². The van der Waals surface area contributed by atoms with Gasteiger partial charge in [0.1, 0.15) is 5.75 Å². The first-order chi connectivity index (χ1) is 13.1. The summed E-state index contributed by atoms with van der Waals surface area (Å²) in [5.41, 5.74) is 4.12. The average Bonchev–Trinajstić information content (AvgIpc) is 3.13. The van der Waals surface area contributed by atoms with E-state index in [1.807, 2.05) is 47.4 Å². The van der Waals surface area contributed by atoms with Crippen molar-refractivity contribution in [3.05, 3.63) is 70.9 Å². The Balaban J connectivity index is 1.51. The molecule has 1 aromatic heterocycles. The summed E-state index contributed by atoms with van der Waals surface area (Å²) < 4.78 is 5.80. The van der Waals surface area contributed by atoms with Crippen molar-refractivity contribution < 1.29 is 9.53 Å². The summed E-state index contributed by atoms with van der Waals surface area (Å²) in [4.78, 5) is 14.7. The van der Waals surface area contributed by atoms with Crippen molar-refractivity contribution in [2.45, 2.75) is 26.0 Å². The number of fused-ring (bicyclic) bond motifs is 1. The molecule has 0 spiro atoms. The molecule has 2 aromatic carbocycles. The second-order valence-electron chi connectivity index (χ2n) is 6.60. The van der Waals surface area contributed by atoms with Gasteiger partial charge in [-0.2, -0.15) is 5.10 Å². The minimum Gasteiger partial charge on any atom is -0.479 e. The number of ether oxygens (including phenoxy) is 1. The number of aromatic nitrogens is 2. The molecule has 0 fully saturated rings. The molecule has 27 heavy (non-hydrogen) atoms. The van der Waals surface area contributed by atoms with Gasteiger partial charge in [-0.15, -0.1) is 0 Å². The largest absolute Gasteiger partial charge is 0.479 e. The van der Waals surface area contributed by atoms with E-state index in [-0.39, 0.29) is 5.91 Å². The summed E-state index contributed by atoms with van der Waals surface area (Å²) in [5.74, 6) is 0.465. The van der Waals surface area contributed by atoms with Crippen LogP contribution in [0.25, 0.3) is 11.3 Å². The molecule has 1 N–H and O–H groups in total. The molecule has 138 valence electrons. The highest BCUT2D eigenvalue weighted by molar-refractivity contribution is 6.32. The lowest BCUT2D eigenvalue weighted by Crippen LogP contribution is -2.43. The Kier molecular flexibility index (Phi) is 4.86. The van der Waals surface area contributed by atoms with Gasteiger partial charge in [0.15, 0.2) is 6.10 Å². The quantitative estimate of drug-likeness (QED) is 0.740. The van der Waals surface area contributed by atoms with Crippen LogP contribution < -0.4 is 4.74 Å². The van der Waals surface area contributed by atoms with Gasteiger partial charge in [0.2, 0.25) is 0 Å². The molecular formula is C21H20ClN3O2. The van der Waals surface area contributed by atoms with Crippen molar-refractivity contribution in [1.29, 1.82) is 0 Å². The number of benzene rings is 2. The lowest BCUT2D eigenvalue weighted by atomic mass is 10.0. The van der Waals surface area contributed by atoms with Crippen LogP contribution in [0, 0.1) is 0 Å². The molecule has 1 atom stereocenters. The van der Waals surface area contributed by atoms with Crippen molar-refractivity contribution in [1.82, 2.24) is 15.1 Å². The lowest BCUT2D eigenvalue weighted by molar-refractivity contribution is -0.138. The Morgan fingerprint density at radius 3 is 2.70 bits per heavy atom. The predicted octanol–water partition coefficient (Wildman–Crippen LogP) is 4.08. The van der Waals surface area contributed by atoms with E-state index in [1.54, 1.807) is 19.1 Å². The van der Waals surface area contributed by atoms with Crippen molar-refractivity contribution >= 4 is 17.5 Å². The molecule has 0 radical (unpaired) electrons. The number of amides is 1. The number of rotatable bonds is 4. The van der Waals surface area contributed by atoms with Crippen LogP contribution in [-0.4, -0.2) is 33.7 Å². The van der Waals surface area contributed by atoms with Gasteiger partial charge < -0.3 is 9.64 Å². The van der Waals surface area contributed by atoms with E-state index in [1.165, 1.54) is 0 Å². The van der Waals surface area contributed by atoms with Gasteiger partial charge in [0.05, 0.1) is 10.7 Å². The molecule has 1 aliphatic rings. The maximum Gasteiger partial charge on any atom is 0.263 e. The zero-order valence-corrected chi connectivity index (χ0v) is 15.7. The average molecular weight is 382 g/mol. The lowest BCUT2D eigenvalue weighted by Gasteiger charge is -2.29. The Bertz CT molecular complexity index is 955. The fourth-order valence-corrected chi connectivity index (χ4v) is 3.54. The molecule has 0 bridgehead atoms. The summed E-state index contributed by atoms with van der Waals surface area (Å²) in [7, 11) is 0. The first-order valence-electron chi connectivity index (χ1n) is 8.95. The summed E-state index contributed by atoms with van der Waals surface area (Å²) in [5, 5.41) is 8.10. The highest BCUT2D eigenvalue weighted by Crippen LogP contribution is 2.29. The van der Waals surface area contributed by atoms with E-state index in [9.17, 15) is 4.79 Å². The second-order valence-corrected chi connectivity index (χ2v) is 7.00. The molecule has 1 unspecified atom stereocenters. The summed E-state index contributed by atoms with van der Waals surface area (Å²) in [6.45, 7) is 2.91. The first-order valence-corrected chi connectivity index (χ1v) is 9.33. The van der Waals surface area contributed by atoms with Crippen molar-refractivity contribution in [2.75, 3.05) is 6.54 Å². The highest BCUT2D eigenvalue weighted by atomic mass is 35.5. The Hall–Kier alpha value is -2.79. The van der Waals surface area contributed by atoms with Gasteiger partial charge in [-0.3, -0.25) is 9.89 Å². The zero-order chi connectivity index (χ0) is 18.8. The number of nitrogens with zero attached hydrogens (tertiary/aromatic N) is 2. The van der Waals surface area contributed by atoms with E-state index in [0.717, 1.165) is 28.9 Å². The van der Waals surface area contributed by atoms with Gasteiger partial charge in [0.25, 0.3) is 5.91 Å². The number of hydrogen-bond donors (Lipinski definition) is 1. The molecule has 4 rings (SSSR count). The molecule has 1 aliphatic heterocycles. The Morgan fingerprint density at radius 2 is 1.93 bits per heavy atom. The molecule has 0 saturated heterocycles. The zero-order valence-electron chi connectivity index (χ0n) is 15.0. The topological polar surface area (TPSA) is 58.2 Å². The Labute approximate surface area is 162 Å². The molecule has 1 amide bonds. The normalized spacial score (nSPS) is 14.5. The van der Waals surface area contributed by atoms with Gasteiger partial charge in [-0.25, -0.2) is 0 Å². The smallest absolute Gasteiger partial charge is 0.263 e. The summed E-state index contributed by atoms with van der Waals surface area (Å²) in [6, 6.07) is 17.2. The van der Waals surface area contributed by atoms with Crippen molar-refractivity contribution in [3.63, 3.8) is 0 Å². The first kappa shape index (κ1) is 17.6. The number of hydrogen-bond acceptors (Lipinski definition) is 3. The van der Waals surface area contributed by atoms with Crippen LogP contribution in [0.5, 0.6) is 5.75 Å². The SMILES string of the molecule is CC(Oc1ccccc1Cl)C(=O)N1CCc2[nH]nc(-c3ccccc3)c2C1. The third-order valence-corrected chi connectivity index (χ3v) is 5.09. The number of carbonyl (C=O) groups excluding carboxylic acids is 1. The van der Waals surface area contributed by atoms with Crippen LogP contribution in [0.3, 0.4) is 0 Å². The third-order valence-electron chi connectivity index (χ3n) is 4.78. The maximum atomic E-state index is 12.9. The van der Waals surface area contributed by atoms with Crippen molar-refractivity contribution in [3.8, 4) is 17.0 Å². The fourth-order valence-electron chi connectivity index (χ4n) is 3.36. The van der Waals surface area contributed by atoms with Gasteiger partial charge in [0, 0.05) is 36.3 Å². The molecule has 0 saturated carbocycles. The van der Waals surface area contributed by atoms with Gasteiger partial charge in [-0.1, -0.05) is 54.1 Å². The van der Waals surface area contributed by atoms with Crippen LogP contribution in [0.4, 0.5) is 0 Å². The number of nitrogens with one attached hydrogen (secondary N) is 1. The molecule has 3 aromatic rings. The Morgan fingerprint density at radius 1 is 1.19 bits per heavy atom. The van der Waals surface area contributed by atoms with Crippen LogP contribution in [-0.2, 0) is 17.8 Å². The predicted molar refractivity (Wildman–Crippen MR) is 105 cm³/mol. The fraction of sp³-hybridized carbons (Fsp3) is 0.238. The number of aromatic amines is 1. The molecule has 0 aliphatic carbocycles. The standard InChI is InChI=1S/C21H20ClN3O2/c1-14(27-19-10-6-5-9-17(19)22)21(26)25-12-11-18-16(13-25)20(24-23-18)15-7-3-2-4-8-15/h2-10,14H,11-13H2,1H3,(H,23,24). The minimum absolute atomic E-state index is 0.0548. The minimum atomic E-state index is -0.612. The van der Waals surface area contributed by atoms with E-state index in [0.29, 0.717) is 23.9 Å². The second kappa shape index (κ2) is 7.45. The monoisotopic (exact) mass is 381 g/mol. The number of para-hydroxylation sites is 1. The molecular weight excluding hydrogens is 362 g/mol. The van der Waals surface area contributed by atoms with Gasteiger partial charge >= 0.3 is 0 Å². The van der Waals surface area contributed by atoms with Crippen LogP contribution in [0.15, 0.2) is 54.6 Å². The summed E-state index contributed by atoms with van der Waals surface area (Å²) >= 11 is 6.14. The highest BCUT2D eigenvalue weighted by Gasteiger charge is 2.29. The number of carbonyl (C=O) groups is 1.